The van der Waals surface area contributed by atoms with Gasteiger partial charge in [0.2, 0.25) is 0 Å². The van der Waals surface area contributed by atoms with Crippen LogP contribution < -0.4 is 5.09 Å². The van der Waals surface area contributed by atoms with E-state index < -0.39 is 20.0 Å². The number of nitrogens with zero attached hydrogens (tertiary/aromatic N) is 1. The third kappa shape index (κ3) is 3.37. The predicted molar refractivity (Wildman–Crippen MR) is 59.2 cm³/mol. The molecule has 0 aliphatic carbocycles. The zero-order chi connectivity index (χ0) is 14.0. The van der Waals surface area contributed by atoms with Crippen LogP contribution in [-0.2, 0) is 9.09 Å². The molecular formula is C7H15Cl2N2O2P. The molecule has 14 heavy (non-hydrogen) atoms. The maximum absolute atomic E-state index is 12.5. The molecule has 0 amide bonds. The number of rotatable bonds is 5. The second-order valence-electron chi connectivity index (χ2n) is 2.68. The predicted octanol–water partition coefficient (Wildman–Crippen LogP) is 1.88. The van der Waals surface area contributed by atoms with Crippen molar-refractivity contribution in [3.63, 3.8) is 0 Å². The Morgan fingerprint density at radius 3 is 3.07 bits per heavy atom. The monoisotopic (exact) mass is 264 g/mol. The number of nitrogens with one attached hydrogen (secondary N) is 1. The lowest BCUT2D eigenvalue weighted by atomic mass is 10.4. The van der Waals surface area contributed by atoms with Crippen LogP contribution in [0.3, 0.4) is 0 Å². The zero-order valence-corrected chi connectivity index (χ0v) is 9.91. The summed E-state index contributed by atoms with van der Waals surface area (Å²) >= 11 is 10.9. The summed E-state index contributed by atoms with van der Waals surface area (Å²) < 4.78 is 48.3. The summed E-state index contributed by atoms with van der Waals surface area (Å²) in [7, 11) is -3.66. The maximum Gasteiger partial charge on any atom is 0.343 e. The van der Waals surface area contributed by atoms with Crippen LogP contribution in [0.4, 0.5) is 0 Å². The highest BCUT2D eigenvalue weighted by Crippen LogP contribution is 2.48. The van der Waals surface area contributed by atoms with Crippen molar-refractivity contribution in [3.8, 4) is 0 Å². The van der Waals surface area contributed by atoms with Gasteiger partial charge in [-0.25, -0.2) is 9.76 Å². The Bertz CT molecular complexity index is 340. The summed E-state index contributed by atoms with van der Waals surface area (Å²) in [6.07, 6.45) is 0.652. The number of halogens is 2. The molecule has 1 fully saturated rings. The maximum atomic E-state index is 12.5. The number of hydrogen-bond donors (Lipinski definition) is 1. The van der Waals surface area contributed by atoms with Gasteiger partial charge in [-0.05, 0) is 6.42 Å². The molecule has 1 heterocycles. The van der Waals surface area contributed by atoms with Crippen LogP contribution in [0.1, 0.15) is 11.9 Å². The second kappa shape index (κ2) is 6.31. The lowest BCUT2D eigenvalue weighted by Gasteiger charge is -2.34. The number of alkyl halides is 2. The Balaban J connectivity index is 2.87. The topological polar surface area (TPSA) is 41.6 Å². The molecule has 0 aromatic heterocycles. The quantitative estimate of drug-likeness (QED) is 0.608. The largest absolute Gasteiger partial charge is 0.343 e. The van der Waals surface area contributed by atoms with Crippen molar-refractivity contribution in [1.29, 1.82) is 0 Å². The van der Waals surface area contributed by atoms with Gasteiger partial charge in [0, 0.05) is 36.8 Å². The first-order valence-corrected chi connectivity index (χ1v) is 6.66. The van der Waals surface area contributed by atoms with Crippen molar-refractivity contribution in [2.24, 2.45) is 0 Å². The van der Waals surface area contributed by atoms with E-state index in [-0.39, 0.29) is 19.0 Å². The van der Waals surface area contributed by atoms with Gasteiger partial charge in [-0.1, -0.05) is 0 Å². The fourth-order valence-electron chi connectivity index (χ4n) is 1.18. The first-order chi connectivity index (χ1) is 8.12. The zero-order valence-electron chi connectivity index (χ0n) is 11.5. The first-order valence-electron chi connectivity index (χ1n) is 6.17. The van der Waals surface area contributed by atoms with Gasteiger partial charge >= 0.3 is 7.67 Å². The molecule has 1 aliphatic rings. The summed E-state index contributed by atoms with van der Waals surface area (Å²) in [6.45, 7) is -1.78. The van der Waals surface area contributed by atoms with E-state index in [0.29, 0.717) is 13.0 Å². The van der Waals surface area contributed by atoms with Crippen LogP contribution >= 0.6 is 30.9 Å². The molecule has 84 valence electrons. The van der Waals surface area contributed by atoms with E-state index in [1.165, 1.54) is 4.67 Å². The first kappa shape index (κ1) is 7.88. The SMILES string of the molecule is [2H]C([2H])(Cl)C([2H])([2H])NP1(=O)OCCCN1CCCl. The molecule has 0 saturated carbocycles. The minimum atomic E-state index is -3.66. The molecule has 1 rings (SSSR count). The van der Waals surface area contributed by atoms with Crippen LogP contribution in [0.25, 0.3) is 0 Å². The van der Waals surface area contributed by atoms with Gasteiger partial charge in [-0.3, -0.25) is 4.57 Å². The summed E-state index contributed by atoms with van der Waals surface area (Å²) in [4.78, 5) is 0. The van der Waals surface area contributed by atoms with Crippen LogP contribution in [0, 0.1) is 0 Å². The number of hydrogen-bond acceptors (Lipinski definition) is 2. The van der Waals surface area contributed by atoms with Crippen molar-refractivity contribution >= 4 is 30.9 Å². The fourth-order valence-corrected chi connectivity index (χ4v) is 3.33. The smallest absolute Gasteiger partial charge is 0.306 e. The van der Waals surface area contributed by atoms with E-state index in [2.05, 4.69) is 5.09 Å². The Morgan fingerprint density at radius 1 is 1.64 bits per heavy atom. The van der Waals surface area contributed by atoms with Gasteiger partial charge in [-0.2, -0.15) is 0 Å². The second-order valence-corrected chi connectivity index (χ2v) is 5.34. The normalized spacial score (nSPS) is 35.6. The van der Waals surface area contributed by atoms with Gasteiger partial charge in [-0.15, -0.1) is 23.2 Å². The fraction of sp³-hybridized carbons (Fsp3) is 1.00. The van der Waals surface area contributed by atoms with E-state index in [0.717, 1.165) is 0 Å². The Labute approximate surface area is 100 Å². The average molecular weight is 265 g/mol. The molecule has 0 spiro atoms. The van der Waals surface area contributed by atoms with Crippen LogP contribution in [0.15, 0.2) is 0 Å². The van der Waals surface area contributed by atoms with E-state index >= 15 is 0 Å². The highest BCUT2D eigenvalue weighted by Gasteiger charge is 2.33. The molecule has 7 heteroatoms. The van der Waals surface area contributed by atoms with E-state index in [9.17, 15) is 4.57 Å². The minimum absolute atomic E-state index is 0.213. The Morgan fingerprint density at radius 2 is 2.43 bits per heavy atom. The standard InChI is InChI=1S/C7H15Cl2N2O2P/c8-2-4-10-14(12)11(6-3-9)5-1-7-13-14/h1-7H2,(H,10,12)/i2D2,4D2. The highest BCUT2D eigenvalue weighted by molar-refractivity contribution is 7.54. The van der Waals surface area contributed by atoms with Crippen molar-refractivity contribution in [2.75, 3.05) is 37.9 Å². The average Bonchev–Trinajstić information content (AvgIpc) is 2.19. The van der Waals surface area contributed by atoms with Gasteiger partial charge in [0.25, 0.3) is 0 Å². The lowest BCUT2D eigenvalue weighted by Crippen LogP contribution is -2.36. The molecule has 0 aromatic carbocycles. The van der Waals surface area contributed by atoms with Crippen molar-refractivity contribution in [3.05, 3.63) is 0 Å². The highest BCUT2D eigenvalue weighted by atomic mass is 35.5. The molecule has 0 bridgehead atoms. The summed E-state index contributed by atoms with van der Waals surface area (Å²) in [5.41, 5.74) is 0. The molecule has 0 aromatic rings. The van der Waals surface area contributed by atoms with E-state index in [1.807, 2.05) is 0 Å². The van der Waals surface area contributed by atoms with Crippen LogP contribution in [0.2, 0.25) is 0 Å². The van der Waals surface area contributed by atoms with Gasteiger partial charge < -0.3 is 4.52 Å². The molecular weight excluding hydrogens is 246 g/mol. The third-order valence-electron chi connectivity index (χ3n) is 1.79. The molecule has 1 atom stereocenters. The molecule has 1 unspecified atom stereocenters. The summed E-state index contributed by atoms with van der Waals surface area (Å²) in [6, 6.07) is 0. The van der Waals surface area contributed by atoms with Crippen LogP contribution in [-0.4, -0.2) is 42.6 Å². The van der Waals surface area contributed by atoms with E-state index in [1.54, 1.807) is 0 Å². The van der Waals surface area contributed by atoms with E-state index in [4.69, 9.17) is 33.2 Å². The minimum Gasteiger partial charge on any atom is -0.306 e. The van der Waals surface area contributed by atoms with Crippen molar-refractivity contribution in [1.82, 2.24) is 9.76 Å². The van der Waals surface area contributed by atoms with Gasteiger partial charge in [0.1, 0.15) is 0 Å². The van der Waals surface area contributed by atoms with Gasteiger partial charge in [0.15, 0.2) is 0 Å². The molecule has 4 nitrogen and oxygen atoms in total. The Kier molecular flexibility index (Phi) is 3.55. The molecule has 1 N–H and O–H groups in total. The Hall–Kier alpha value is 0.690. The van der Waals surface area contributed by atoms with Gasteiger partial charge in [0.05, 0.1) is 6.61 Å². The third-order valence-corrected chi connectivity index (χ3v) is 4.12. The summed E-state index contributed by atoms with van der Waals surface area (Å²) in [5, 5.41) is 2.07. The van der Waals surface area contributed by atoms with Crippen molar-refractivity contribution in [2.45, 2.75) is 6.42 Å². The molecule has 0 radical (unpaired) electrons. The van der Waals surface area contributed by atoms with Crippen LogP contribution in [0.5, 0.6) is 0 Å². The van der Waals surface area contributed by atoms with Crippen molar-refractivity contribution < 1.29 is 14.6 Å². The molecule has 1 saturated heterocycles. The summed E-state index contributed by atoms with van der Waals surface area (Å²) in [5.74, 6) is -2.50. The molecule has 1 aliphatic heterocycles. The lowest BCUT2D eigenvalue weighted by molar-refractivity contribution is 0.203.